The molecule has 0 N–H and O–H groups in total. The zero-order valence-corrected chi connectivity index (χ0v) is 16.7. The summed E-state index contributed by atoms with van der Waals surface area (Å²) in [4.78, 5) is 26.7. The maximum Gasteiger partial charge on any atom is 0.251 e. The number of carbonyl (C=O) groups is 1. The number of hydrogen-bond donors (Lipinski definition) is 0. The molecular formula is C22H28N4O2. The first-order chi connectivity index (χ1) is 13.7. The molecule has 0 saturated carbocycles. The molecule has 1 atom stereocenters. The molecule has 2 aromatic rings. The molecule has 1 fully saturated rings. The second kappa shape index (κ2) is 8.27. The summed E-state index contributed by atoms with van der Waals surface area (Å²) < 4.78 is 5.33. The quantitative estimate of drug-likeness (QED) is 0.798. The first kappa shape index (κ1) is 18.9. The molecule has 0 unspecified atom stereocenters. The van der Waals surface area contributed by atoms with Crippen LogP contribution in [0, 0.1) is 0 Å². The second-order valence-electron chi connectivity index (χ2n) is 7.46. The number of fused-ring (bicyclic) bond motifs is 1. The summed E-state index contributed by atoms with van der Waals surface area (Å²) in [6.45, 7) is 4.99. The van der Waals surface area contributed by atoms with Crippen molar-refractivity contribution < 1.29 is 9.53 Å². The van der Waals surface area contributed by atoms with E-state index in [1.165, 1.54) is 11.3 Å². The molecular weight excluding hydrogens is 352 g/mol. The van der Waals surface area contributed by atoms with Crippen molar-refractivity contribution in [1.82, 2.24) is 14.9 Å². The summed E-state index contributed by atoms with van der Waals surface area (Å²) in [5.41, 5.74) is 3.54. The Morgan fingerprint density at radius 3 is 2.54 bits per heavy atom. The molecule has 1 amide bonds. The molecule has 0 radical (unpaired) electrons. The number of aromatic nitrogens is 2. The lowest BCUT2D eigenvalue weighted by molar-refractivity contribution is -0.142. The minimum absolute atomic E-state index is 0.0996. The van der Waals surface area contributed by atoms with E-state index in [0.717, 1.165) is 49.6 Å². The predicted octanol–water partition coefficient (Wildman–Crippen LogP) is 2.71. The Labute approximate surface area is 166 Å². The van der Waals surface area contributed by atoms with Crippen LogP contribution in [0.1, 0.15) is 31.0 Å². The highest BCUT2D eigenvalue weighted by Crippen LogP contribution is 2.32. The van der Waals surface area contributed by atoms with Gasteiger partial charge in [0.05, 0.1) is 0 Å². The minimum atomic E-state index is -0.334. The number of anilines is 1. The van der Waals surface area contributed by atoms with Gasteiger partial charge in [-0.15, -0.1) is 0 Å². The average molecular weight is 380 g/mol. The van der Waals surface area contributed by atoms with Gasteiger partial charge in [-0.25, -0.2) is 9.97 Å². The van der Waals surface area contributed by atoms with Gasteiger partial charge in [-0.05, 0) is 25.7 Å². The zero-order chi connectivity index (χ0) is 19.5. The van der Waals surface area contributed by atoms with Crippen molar-refractivity contribution in [3.05, 3.63) is 41.6 Å². The lowest BCUT2D eigenvalue weighted by atomic mass is 10.1. The van der Waals surface area contributed by atoms with Gasteiger partial charge in [0.15, 0.2) is 5.82 Å². The van der Waals surface area contributed by atoms with Crippen molar-refractivity contribution in [2.75, 3.05) is 38.2 Å². The highest BCUT2D eigenvalue weighted by Gasteiger charge is 2.29. The normalized spacial score (nSPS) is 17.5. The van der Waals surface area contributed by atoms with E-state index in [2.05, 4.69) is 17.0 Å². The number of nitrogens with zero attached hydrogens (tertiary/aromatic N) is 4. The Morgan fingerprint density at radius 1 is 1.11 bits per heavy atom. The Hall–Kier alpha value is -2.47. The highest BCUT2D eigenvalue weighted by molar-refractivity contribution is 5.81. The van der Waals surface area contributed by atoms with Gasteiger partial charge in [-0.3, -0.25) is 4.79 Å². The standard InChI is InChI=1S/C22H28N4O2/c1-3-19(28-2)22(27)26-14-12-25(13-15-26)21-17-10-7-11-18(17)23-20(24-21)16-8-5-4-6-9-16/h4-6,8-9,19H,3,7,10-15H2,1-2H3/t19-/m1/s1. The SMILES string of the molecule is CC[C@@H](OC)C(=O)N1CCN(c2nc(-c3ccccc3)nc3c2CCC3)CC1. The number of piperazine rings is 1. The smallest absolute Gasteiger partial charge is 0.251 e. The molecule has 28 heavy (non-hydrogen) atoms. The number of ether oxygens (including phenoxy) is 1. The molecule has 0 spiro atoms. The number of amides is 1. The molecule has 1 aliphatic carbocycles. The summed E-state index contributed by atoms with van der Waals surface area (Å²) in [7, 11) is 1.61. The van der Waals surface area contributed by atoms with Crippen LogP contribution in [0.2, 0.25) is 0 Å². The van der Waals surface area contributed by atoms with Gasteiger partial charge < -0.3 is 14.5 Å². The molecule has 1 aliphatic heterocycles. The van der Waals surface area contributed by atoms with Crippen molar-refractivity contribution in [1.29, 1.82) is 0 Å². The van der Waals surface area contributed by atoms with E-state index in [9.17, 15) is 4.79 Å². The Bertz CT molecular complexity index is 828. The second-order valence-corrected chi connectivity index (χ2v) is 7.46. The van der Waals surface area contributed by atoms with Gasteiger partial charge >= 0.3 is 0 Å². The Kier molecular flexibility index (Phi) is 5.57. The van der Waals surface area contributed by atoms with Crippen LogP contribution in [0.15, 0.2) is 30.3 Å². The van der Waals surface area contributed by atoms with Crippen LogP contribution in [0.4, 0.5) is 5.82 Å². The van der Waals surface area contributed by atoms with E-state index in [1.807, 2.05) is 30.0 Å². The van der Waals surface area contributed by atoms with Crippen molar-refractivity contribution in [3.8, 4) is 11.4 Å². The summed E-state index contributed by atoms with van der Waals surface area (Å²) in [5.74, 6) is 1.97. The van der Waals surface area contributed by atoms with Crippen molar-refractivity contribution >= 4 is 11.7 Å². The average Bonchev–Trinajstić information content (AvgIpc) is 3.23. The number of benzene rings is 1. The van der Waals surface area contributed by atoms with Crippen molar-refractivity contribution in [2.24, 2.45) is 0 Å². The molecule has 2 heterocycles. The molecule has 0 bridgehead atoms. The number of aryl methyl sites for hydroxylation is 1. The van der Waals surface area contributed by atoms with Crippen molar-refractivity contribution in [3.63, 3.8) is 0 Å². The van der Waals surface area contributed by atoms with Crippen LogP contribution in [-0.4, -0.2) is 60.2 Å². The summed E-state index contributed by atoms with van der Waals surface area (Å²) in [5, 5.41) is 0. The fraction of sp³-hybridized carbons (Fsp3) is 0.500. The lowest BCUT2D eigenvalue weighted by Crippen LogP contribution is -2.52. The predicted molar refractivity (Wildman–Crippen MR) is 109 cm³/mol. The molecule has 4 rings (SSSR count). The molecule has 2 aliphatic rings. The van der Waals surface area contributed by atoms with Crippen LogP contribution < -0.4 is 4.90 Å². The third kappa shape index (κ3) is 3.61. The van der Waals surface area contributed by atoms with Gasteiger partial charge in [0.1, 0.15) is 11.9 Å². The van der Waals surface area contributed by atoms with Gasteiger partial charge in [-0.1, -0.05) is 37.3 Å². The lowest BCUT2D eigenvalue weighted by Gasteiger charge is -2.37. The molecule has 1 saturated heterocycles. The van der Waals surface area contributed by atoms with Crippen LogP contribution in [0.5, 0.6) is 0 Å². The minimum Gasteiger partial charge on any atom is -0.372 e. The molecule has 6 heteroatoms. The van der Waals surface area contributed by atoms with E-state index < -0.39 is 0 Å². The third-order valence-corrected chi connectivity index (χ3v) is 5.76. The van der Waals surface area contributed by atoms with Gasteiger partial charge in [0.2, 0.25) is 0 Å². The molecule has 148 valence electrons. The number of carbonyl (C=O) groups excluding carboxylic acids is 1. The fourth-order valence-electron chi connectivity index (χ4n) is 4.17. The van der Waals surface area contributed by atoms with Crippen LogP contribution >= 0.6 is 0 Å². The van der Waals surface area contributed by atoms with E-state index in [1.54, 1.807) is 7.11 Å². The van der Waals surface area contributed by atoms with E-state index >= 15 is 0 Å². The largest absolute Gasteiger partial charge is 0.372 e. The Morgan fingerprint density at radius 2 is 1.86 bits per heavy atom. The van der Waals surface area contributed by atoms with Crippen LogP contribution in [0.3, 0.4) is 0 Å². The van der Waals surface area contributed by atoms with Crippen molar-refractivity contribution in [2.45, 2.75) is 38.7 Å². The summed E-state index contributed by atoms with van der Waals surface area (Å²) in [6.07, 6.45) is 3.57. The van der Waals surface area contributed by atoms with Gasteiger partial charge in [0.25, 0.3) is 5.91 Å². The number of rotatable bonds is 5. The van der Waals surface area contributed by atoms with E-state index in [4.69, 9.17) is 14.7 Å². The van der Waals surface area contributed by atoms with Crippen LogP contribution in [0.25, 0.3) is 11.4 Å². The third-order valence-electron chi connectivity index (χ3n) is 5.76. The molecule has 6 nitrogen and oxygen atoms in total. The number of methoxy groups -OCH3 is 1. The monoisotopic (exact) mass is 380 g/mol. The van der Waals surface area contributed by atoms with E-state index in [0.29, 0.717) is 19.5 Å². The maximum atomic E-state index is 12.6. The first-order valence-corrected chi connectivity index (χ1v) is 10.2. The highest BCUT2D eigenvalue weighted by atomic mass is 16.5. The summed E-state index contributed by atoms with van der Waals surface area (Å²) in [6, 6.07) is 10.2. The topological polar surface area (TPSA) is 58.6 Å². The van der Waals surface area contributed by atoms with Crippen LogP contribution in [-0.2, 0) is 22.4 Å². The Balaban J connectivity index is 1.55. The number of hydrogen-bond acceptors (Lipinski definition) is 5. The van der Waals surface area contributed by atoms with Gasteiger partial charge in [-0.2, -0.15) is 0 Å². The summed E-state index contributed by atoms with van der Waals surface area (Å²) >= 11 is 0. The first-order valence-electron chi connectivity index (χ1n) is 10.2. The fourth-order valence-corrected chi connectivity index (χ4v) is 4.17. The molecule has 1 aromatic heterocycles. The molecule has 1 aromatic carbocycles. The maximum absolute atomic E-state index is 12.6. The zero-order valence-electron chi connectivity index (χ0n) is 16.7. The van der Waals surface area contributed by atoms with Gasteiger partial charge in [0, 0.05) is 50.1 Å². The van der Waals surface area contributed by atoms with E-state index in [-0.39, 0.29) is 12.0 Å².